The number of unbranched alkanes of at least 4 members (excludes halogenated alkanes) is 1. The van der Waals surface area contributed by atoms with E-state index in [-0.39, 0.29) is 17.7 Å². The zero-order valence-electron chi connectivity index (χ0n) is 14.4. The molecule has 1 aliphatic rings. The van der Waals surface area contributed by atoms with Gasteiger partial charge in [-0.25, -0.2) is 4.98 Å². The predicted molar refractivity (Wildman–Crippen MR) is 96.1 cm³/mol. The maximum Gasteiger partial charge on any atom is 0.251 e. The summed E-state index contributed by atoms with van der Waals surface area (Å²) in [5.74, 6) is 0.518. The van der Waals surface area contributed by atoms with Gasteiger partial charge >= 0.3 is 0 Å². The van der Waals surface area contributed by atoms with Crippen molar-refractivity contribution in [3.63, 3.8) is 0 Å². The molecule has 6 nitrogen and oxygen atoms in total. The van der Waals surface area contributed by atoms with E-state index in [1.54, 1.807) is 30.7 Å². The average Bonchev–Trinajstić information content (AvgIpc) is 3.12. The normalized spacial score (nSPS) is 18.6. The van der Waals surface area contributed by atoms with Crippen LogP contribution >= 0.6 is 0 Å². The van der Waals surface area contributed by atoms with Crippen LogP contribution in [0.5, 0.6) is 0 Å². The number of nitrogens with zero attached hydrogens (tertiary/aromatic N) is 2. The molecule has 2 aromatic rings. The van der Waals surface area contributed by atoms with Crippen LogP contribution in [0.25, 0.3) is 0 Å². The summed E-state index contributed by atoms with van der Waals surface area (Å²) in [5.41, 5.74) is 1.24. The molecule has 1 fully saturated rings. The Morgan fingerprint density at radius 2 is 2.16 bits per heavy atom. The molecule has 1 aliphatic carbocycles. The minimum atomic E-state index is -0.112. The van der Waals surface area contributed by atoms with Crippen LogP contribution < -0.4 is 10.6 Å². The number of rotatable bonds is 8. The highest BCUT2D eigenvalue weighted by atomic mass is 16.2. The van der Waals surface area contributed by atoms with Gasteiger partial charge in [-0.05, 0) is 43.4 Å². The van der Waals surface area contributed by atoms with E-state index < -0.39 is 0 Å². The van der Waals surface area contributed by atoms with Gasteiger partial charge in [0.25, 0.3) is 5.91 Å². The Kier molecular flexibility index (Phi) is 5.48. The summed E-state index contributed by atoms with van der Waals surface area (Å²) in [6.07, 6.45) is 8.32. The van der Waals surface area contributed by atoms with E-state index in [1.165, 1.54) is 0 Å². The number of aromatic nitrogens is 2. The van der Waals surface area contributed by atoms with Crippen molar-refractivity contribution in [2.45, 2.75) is 32.7 Å². The number of amides is 2. The number of hydrogen-bond donors (Lipinski definition) is 2. The summed E-state index contributed by atoms with van der Waals surface area (Å²) in [4.78, 5) is 28.2. The summed E-state index contributed by atoms with van der Waals surface area (Å²) in [6, 6.07) is 7.09. The molecule has 0 radical (unpaired) electrons. The van der Waals surface area contributed by atoms with E-state index >= 15 is 0 Å². The third kappa shape index (κ3) is 4.92. The largest absolute Gasteiger partial charge is 0.352 e. The van der Waals surface area contributed by atoms with Gasteiger partial charge < -0.3 is 15.2 Å². The van der Waals surface area contributed by atoms with E-state index in [0.29, 0.717) is 23.7 Å². The minimum Gasteiger partial charge on any atom is -0.352 e. The lowest BCUT2D eigenvalue weighted by Gasteiger charge is -2.08. The van der Waals surface area contributed by atoms with Crippen molar-refractivity contribution in [1.29, 1.82) is 0 Å². The van der Waals surface area contributed by atoms with E-state index in [0.717, 1.165) is 25.8 Å². The summed E-state index contributed by atoms with van der Waals surface area (Å²) in [6.45, 7) is 3.60. The second kappa shape index (κ2) is 7.96. The van der Waals surface area contributed by atoms with Gasteiger partial charge in [-0.3, -0.25) is 9.59 Å². The van der Waals surface area contributed by atoms with Gasteiger partial charge in [0.15, 0.2) is 0 Å². The lowest BCUT2D eigenvalue weighted by molar-refractivity contribution is -0.117. The third-order valence-corrected chi connectivity index (χ3v) is 4.53. The average molecular weight is 340 g/mol. The van der Waals surface area contributed by atoms with Crippen molar-refractivity contribution in [3.05, 3.63) is 48.5 Å². The van der Waals surface area contributed by atoms with Gasteiger partial charge in [0.2, 0.25) is 5.91 Å². The zero-order chi connectivity index (χ0) is 17.6. The molecule has 3 rings (SSSR count). The number of anilines is 1. The van der Waals surface area contributed by atoms with Crippen LogP contribution in [-0.4, -0.2) is 27.9 Å². The molecule has 6 heteroatoms. The second-order valence-electron chi connectivity index (χ2n) is 6.65. The number of hydrogen-bond acceptors (Lipinski definition) is 3. The molecule has 1 heterocycles. The fourth-order valence-electron chi connectivity index (χ4n) is 2.80. The molecule has 0 saturated heterocycles. The Labute approximate surface area is 147 Å². The Morgan fingerprint density at radius 1 is 1.32 bits per heavy atom. The van der Waals surface area contributed by atoms with E-state index in [9.17, 15) is 9.59 Å². The molecular formula is C19H24N4O2. The Hall–Kier alpha value is -2.63. The quantitative estimate of drug-likeness (QED) is 0.726. The summed E-state index contributed by atoms with van der Waals surface area (Å²) in [7, 11) is 0. The summed E-state index contributed by atoms with van der Waals surface area (Å²) < 4.78 is 2.02. The van der Waals surface area contributed by atoms with Gasteiger partial charge in [0.1, 0.15) is 0 Å². The third-order valence-electron chi connectivity index (χ3n) is 4.53. The fraction of sp³-hybridized carbons (Fsp3) is 0.421. The Morgan fingerprint density at radius 3 is 2.88 bits per heavy atom. The standard InChI is InChI=1S/C19H24N4O2/c1-14-11-17(14)19(25)22-16-6-4-5-15(12-16)18(24)21-7-2-3-9-23-10-8-20-13-23/h4-6,8,10,12-14,17H,2-3,7,9,11H2,1H3,(H,21,24)(H,22,25). The number of imidazole rings is 1. The van der Waals surface area contributed by atoms with E-state index in [2.05, 4.69) is 22.5 Å². The van der Waals surface area contributed by atoms with Crippen LogP contribution in [0.15, 0.2) is 43.0 Å². The first-order valence-corrected chi connectivity index (χ1v) is 8.78. The van der Waals surface area contributed by atoms with E-state index in [4.69, 9.17) is 0 Å². The van der Waals surface area contributed by atoms with Crippen molar-refractivity contribution in [2.24, 2.45) is 11.8 Å². The van der Waals surface area contributed by atoms with Crippen LogP contribution in [0.2, 0.25) is 0 Å². The van der Waals surface area contributed by atoms with Crippen molar-refractivity contribution < 1.29 is 9.59 Å². The van der Waals surface area contributed by atoms with Crippen LogP contribution in [0.1, 0.15) is 36.5 Å². The number of carbonyl (C=O) groups excluding carboxylic acids is 2. The van der Waals surface area contributed by atoms with Gasteiger partial charge in [0.05, 0.1) is 6.33 Å². The predicted octanol–water partition coefficient (Wildman–Crippen LogP) is 2.69. The molecule has 2 N–H and O–H groups in total. The van der Waals surface area contributed by atoms with Crippen LogP contribution in [0.3, 0.4) is 0 Å². The molecule has 1 aromatic carbocycles. The van der Waals surface area contributed by atoms with Crippen molar-refractivity contribution >= 4 is 17.5 Å². The van der Waals surface area contributed by atoms with Gasteiger partial charge in [-0.2, -0.15) is 0 Å². The summed E-state index contributed by atoms with van der Waals surface area (Å²) in [5, 5.41) is 5.82. The number of carbonyl (C=O) groups is 2. The lowest BCUT2D eigenvalue weighted by atomic mass is 10.1. The lowest BCUT2D eigenvalue weighted by Crippen LogP contribution is -2.25. The second-order valence-corrected chi connectivity index (χ2v) is 6.65. The highest BCUT2D eigenvalue weighted by Gasteiger charge is 2.39. The first kappa shape index (κ1) is 17.2. The Bertz CT molecular complexity index is 727. The van der Waals surface area contributed by atoms with E-state index in [1.807, 2.05) is 16.8 Å². The molecule has 2 amide bonds. The van der Waals surface area contributed by atoms with Crippen LogP contribution in [0.4, 0.5) is 5.69 Å². The highest BCUT2D eigenvalue weighted by Crippen LogP contribution is 2.38. The van der Waals surface area contributed by atoms with Gasteiger partial charge in [-0.15, -0.1) is 0 Å². The molecule has 2 unspecified atom stereocenters. The molecule has 0 bridgehead atoms. The number of benzene rings is 1. The molecule has 0 spiro atoms. The fourth-order valence-corrected chi connectivity index (χ4v) is 2.80. The maximum absolute atomic E-state index is 12.2. The molecule has 132 valence electrons. The Balaban J connectivity index is 1.42. The topological polar surface area (TPSA) is 76.0 Å². The number of aryl methyl sites for hydroxylation is 1. The monoisotopic (exact) mass is 340 g/mol. The first-order valence-electron chi connectivity index (χ1n) is 8.78. The van der Waals surface area contributed by atoms with Gasteiger partial charge in [0, 0.05) is 42.7 Å². The smallest absolute Gasteiger partial charge is 0.251 e. The molecule has 0 aliphatic heterocycles. The van der Waals surface area contributed by atoms with Crippen LogP contribution in [0, 0.1) is 11.8 Å². The zero-order valence-corrected chi connectivity index (χ0v) is 14.4. The number of nitrogens with one attached hydrogen (secondary N) is 2. The molecule has 1 saturated carbocycles. The van der Waals surface area contributed by atoms with Crippen molar-refractivity contribution in [2.75, 3.05) is 11.9 Å². The minimum absolute atomic E-state index is 0.0459. The van der Waals surface area contributed by atoms with Crippen molar-refractivity contribution in [3.8, 4) is 0 Å². The molecular weight excluding hydrogens is 316 g/mol. The molecule has 25 heavy (non-hydrogen) atoms. The maximum atomic E-state index is 12.2. The molecule has 1 aromatic heterocycles. The van der Waals surface area contributed by atoms with Gasteiger partial charge in [-0.1, -0.05) is 13.0 Å². The SMILES string of the molecule is CC1CC1C(=O)Nc1cccc(C(=O)NCCCCn2ccnc2)c1. The molecule has 2 atom stereocenters. The van der Waals surface area contributed by atoms with Crippen LogP contribution in [-0.2, 0) is 11.3 Å². The highest BCUT2D eigenvalue weighted by molar-refractivity contribution is 5.98. The first-order chi connectivity index (χ1) is 12.1. The summed E-state index contributed by atoms with van der Waals surface area (Å²) >= 11 is 0. The van der Waals surface area contributed by atoms with Crippen molar-refractivity contribution in [1.82, 2.24) is 14.9 Å².